The van der Waals surface area contributed by atoms with E-state index in [9.17, 15) is 18.8 Å². The molecule has 2 aromatic rings. The summed E-state index contributed by atoms with van der Waals surface area (Å²) >= 11 is 0. The van der Waals surface area contributed by atoms with E-state index in [1.54, 1.807) is 36.4 Å². The van der Waals surface area contributed by atoms with Crippen LogP contribution in [0.2, 0.25) is 0 Å². The summed E-state index contributed by atoms with van der Waals surface area (Å²) < 4.78 is 13.4. The quantitative estimate of drug-likeness (QED) is 0.669. The van der Waals surface area contributed by atoms with Crippen molar-refractivity contribution in [3.63, 3.8) is 0 Å². The third-order valence-corrected chi connectivity index (χ3v) is 6.26. The second-order valence-electron chi connectivity index (χ2n) is 8.37. The molecule has 0 N–H and O–H groups in total. The number of imide groups is 1. The summed E-state index contributed by atoms with van der Waals surface area (Å²) in [6.07, 6.45) is 4.47. The number of rotatable bonds is 5. The van der Waals surface area contributed by atoms with Gasteiger partial charge in [-0.05, 0) is 54.8 Å². The second-order valence-corrected chi connectivity index (χ2v) is 8.37. The molecule has 1 atom stereocenters. The summed E-state index contributed by atoms with van der Waals surface area (Å²) in [4.78, 5) is 42.2. The van der Waals surface area contributed by atoms with Crippen molar-refractivity contribution in [1.29, 1.82) is 5.26 Å². The van der Waals surface area contributed by atoms with E-state index in [0.717, 1.165) is 37.0 Å². The fourth-order valence-corrected chi connectivity index (χ4v) is 4.53. The Kier molecular flexibility index (Phi) is 6.31. The van der Waals surface area contributed by atoms with E-state index in [-0.39, 0.29) is 36.5 Å². The number of carbonyl (C=O) groups is 3. The highest BCUT2D eigenvalue weighted by Crippen LogP contribution is 2.31. The summed E-state index contributed by atoms with van der Waals surface area (Å²) in [5.41, 5.74) is 1.51. The van der Waals surface area contributed by atoms with Crippen LogP contribution < -0.4 is 4.90 Å². The van der Waals surface area contributed by atoms with Gasteiger partial charge in [0.25, 0.3) is 5.91 Å². The minimum atomic E-state index is -0.905. The minimum absolute atomic E-state index is 0.0987. The molecule has 0 spiro atoms. The predicted molar refractivity (Wildman–Crippen MR) is 116 cm³/mol. The lowest BCUT2D eigenvalue weighted by molar-refractivity contribution is -0.143. The van der Waals surface area contributed by atoms with Crippen molar-refractivity contribution in [2.45, 2.75) is 51.1 Å². The average Bonchev–Trinajstić information content (AvgIpc) is 3.12. The van der Waals surface area contributed by atoms with Crippen molar-refractivity contribution in [1.82, 2.24) is 4.90 Å². The molecule has 1 aliphatic heterocycles. The van der Waals surface area contributed by atoms with Crippen LogP contribution in [0.1, 0.15) is 49.7 Å². The van der Waals surface area contributed by atoms with Gasteiger partial charge in [-0.25, -0.2) is 9.29 Å². The van der Waals surface area contributed by atoms with Crippen molar-refractivity contribution in [3.8, 4) is 6.07 Å². The number of carbonyl (C=O) groups excluding carboxylic acids is 3. The highest BCUT2D eigenvalue weighted by Gasteiger charge is 2.45. The molecule has 2 aliphatic rings. The van der Waals surface area contributed by atoms with E-state index in [1.165, 1.54) is 17.0 Å². The number of amides is 3. The Hall–Kier alpha value is -3.53. The Morgan fingerprint density at radius 1 is 1.03 bits per heavy atom. The number of hydrogen-bond donors (Lipinski definition) is 0. The van der Waals surface area contributed by atoms with Gasteiger partial charge < -0.3 is 4.90 Å². The van der Waals surface area contributed by atoms with Gasteiger partial charge in [-0.2, -0.15) is 5.26 Å². The number of nitrogens with zero attached hydrogens (tertiary/aromatic N) is 3. The first kappa shape index (κ1) is 21.7. The summed E-state index contributed by atoms with van der Waals surface area (Å²) in [5.74, 6) is -1.51. The van der Waals surface area contributed by atoms with Crippen molar-refractivity contribution in [2.75, 3.05) is 4.90 Å². The first-order valence-corrected chi connectivity index (χ1v) is 10.9. The molecule has 2 aromatic carbocycles. The van der Waals surface area contributed by atoms with Crippen LogP contribution in [0.25, 0.3) is 0 Å². The average molecular weight is 433 g/mol. The fraction of sp³-hybridized carbons (Fsp3) is 0.360. The molecule has 7 heteroatoms. The van der Waals surface area contributed by atoms with Crippen LogP contribution >= 0.6 is 0 Å². The lowest BCUT2D eigenvalue weighted by Gasteiger charge is -2.32. The second kappa shape index (κ2) is 9.31. The maximum absolute atomic E-state index is 13.5. The lowest BCUT2D eigenvalue weighted by atomic mass is 9.87. The molecule has 0 aromatic heterocycles. The van der Waals surface area contributed by atoms with Gasteiger partial charge in [0, 0.05) is 12.5 Å². The minimum Gasteiger partial charge on any atom is -0.326 e. The van der Waals surface area contributed by atoms with Crippen LogP contribution in [-0.4, -0.2) is 28.7 Å². The molecule has 3 amide bonds. The first-order valence-electron chi connectivity index (χ1n) is 10.9. The third-order valence-electron chi connectivity index (χ3n) is 6.26. The van der Waals surface area contributed by atoms with E-state index >= 15 is 0 Å². The number of halogens is 1. The molecule has 32 heavy (non-hydrogen) atoms. The molecule has 0 radical (unpaired) electrons. The van der Waals surface area contributed by atoms with Crippen LogP contribution in [-0.2, 0) is 20.9 Å². The molecule has 1 heterocycles. The van der Waals surface area contributed by atoms with Gasteiger partial charge in [0.1, 0.15) is 11.9 Å². The van der Waals surface area contributed by atoms with E-state index in [1.807, 2.05) is 6.07 Å². The predicted octanol–water partition coefficient (Wildman–Crippen LogP) is 3.94. The Labute approximate surface area is 186 Å². The van der Waals surface area contributed by atoms with E-state index in [2.05, 4.69) is 0 Å². The smallest absolute Gasteiger partial charge is 0.257 e. The van der Waals surface area contributed by atoms with Gasteiger partial charge in [-0.15, -0.1) is 0 Å². The zero-order valence-corrected chi connectivity index (χ0v) is 17.7. The topological polar surface area (TPSA) is 81.5 Å². The number of anilines is 1. The summed E-state index contributed by atoms with van der Waals surface area (Å²) in [7, 11) is 0. The van der Waals surface area contributed by atoms with Crippen LogP contribution in [0, 0.1) is 23.1 Å². The van der Waals surface area contributed by atoms with Crippen LogP contribution in [0.4, 0.5) is 10.1 Å². The molecule has 1 saturated heterocycles. The maximum atomic E-state index is 13.5. The van der Waals surface area contributed by atoms with Crippen LogP contribution in [0.15, 0.2) is 48.5 Å². The lowest BCUT2D eigenvalue weighted by Crippen LogP contribution is -2.47. The maximum Gasteiger partial charge on any atom is 0.257 e. The summed E-state index contributed by atoms with van der Waals surface area (Å²) in [6, 6.07) is 13.2. The zero-order chi connectivity index (χ0) is 22.7. The van der Waals surface area contributed by atoms with Gasteiger partial charge >= 0.3 is 0 Å². The number of benzene rings is 2. The molecule has 1 unspecified atom stereocenters. The molecule has 6 nitrogen and oxygen atoms in total. The van der Waals surface area contributed by atoms with Crippen LogP contribution in [0.5, 0.6) is 0 Å². The SMILES string of the molecule is N#Cc1ccc(N2C(=O)CC(N(Cc3ccc(F)cc3)C(=O)C3CCCCC3)C2=O)cc1. The Morgan fingerprint density at radius 3 is 2.31 bits per heavy atom. The largest absolute Gasteiger partial charge is 0.326 e. The van der Waals surface area contributed by atoms with Gasteiger partial charge in [0.05, 0.1) is 23.7 Å². The molecule has 2 fully saturated rings. The zero-order valence-electron chi connectivity index (χ0n) is 17.7. The highest BCUT2D eigenvalue weighted by atomic mass is 19.1. The van der Waals surface area contributed by atoms with Gasteiger partial charge in [0.15, 0.2) is 0 Å². The van der Waals surface area contributed by atoms with E-state index in [0.29, 0.717) is 16.8 Å². The van der Waals surface area contributed by atoms with Crippen LogP contribution in [0.3, 0.4) is 0 Å². The molecule has 1 saturated carbocycles. The highest BCUT2D eigenvalue weighted by molar-refractivity contribution is 6.23. The summed E-state index contributed by atoms with van der Waals surface area (Å²) in [5, 5.41) is 8.99. The molecule has 164 valence electrons. The van der Waals surface area contributed by atoms with Gasteiger partial charge in [-0.1, -0.05) is 31.4 Å². The van der Waals surface area contributed by atoms with Gasteiger partial charge in [-0.3, -0.25) is 14.4 Å². The van der Waals surface area contributed by atoms with Crippen molar-refractivity contribution < 1.29 is 18.8 Å². The monoisotopic (exact) mass is 433 g/mol. The molecular weight excluding hydrogens is 409 g/mol. The van der Waals surface area contributed by atoms with Crippen molar-refractivity contribution >= 4 is 23.4 Å². The molecule has 4 rings (SSSR count). The summed E-state index contributed by atoms with van der Waals surface area (Å²) in [6.45, 7) is 0.139. The van der Waals surface area contributed by atoms with E-state index in [4.69, 9.17) is 5.26 Å². The molecule has 1 aliphatic carbocycles. The normalized spacial score (nSPS) is 19.1. The standard InChI is InChI=1S/C25H24FN3O3/c26-20-10-6-18(7-11-20)16-28(24(31)19-4-2-1-3-5-19)22-14-23(30)29(25(22)32)21-12-8-17(15-27)9-13-21/h6-13,19,22H,1-5,14,16H2. The molecule has 0 bridgehead atoms. The van der Waals surface area contributed by atoms with Crippen molar-refractivity contribution in [2.24, 2.45) is 5.92 Å². The van der Waals surface area contributed by atoms with Gasteiger partial charge in [0.2, 0.25) is 11.8 Å². The Morgan fingerprint density at radius 2 is 1.69 bits per heavy atom. The Balaban J connectivity index is 1.62. The number of nitriles is 1. The van der Waals surface area contributed by atoms with Crippen molar-refractivity contribution in [3.05, 3.63) is 65.5 Å². The first-order chi connectivity index (χ1) is 15.5. The third kappa shape index (κ3) is 4.40. The molecular formula is C25H24FN3O3. The Bertz CT molecular complexity index is 1050. The number of hydrogen-bond acceptors (Lipinski definition) is 4. The van der Waals surface area contributed by atoms with E-state index < -0.39 is 11.9 Å². The fourth-order valence-electron chi connectivity index (χ4n) is 4.53.